The maximum Gasteiger partial charge on any atom is 0.260 e. The van der Waals surface area contributed by atoms with E-state index in [1.54, 1.807) is 43.0 Å². The molecule has 0 aliphatic carbocycles. The van der Waals surface area contributed by atoms with E-state index in [-0.39, 0.29) is 36.3 Å². The van der Waals surface area contributed by atoms with Gasteiger partial charge >= 0.3 is 0 Å². The molecule has 0 atom stereocenters. The van der Waals surface area contributed by atoms with Crippen LogP contribution >= 0.6 is 0 Å². The van der Waals surface area contributed by atoms with Gasteiger partial charge in [-0.15, -0.1) is 0 Å². The van der Waals surface area contributed by atoms with Crippen LogP contribution in [-0.4, -0.2) is 68.1 Å². The van der Waals surface area contributed by atoms with E-state index in [0.29, 0.717) is 31.1 Å². The maximum absolute atomic E-state index is 12.8. The third-order valence-electron chi connectivity index (χ3n) is 4.65. The minimum atomic E-state index is -3.70. The molecule has 10 heteroatoms. The monoisotopic (exact) mass is 423 g/mol. The molecule has 29 heavy (non-hydrogen) atoms. The summed E-state index contributed by atoms with van der Waals surface area (Å²) in [7, 11) is -3.70. The molecule has 3 rings (SSSR count). The summed E-state index contributed by atoms with van der Waals surface area (Å²) in [5.74, 6) is 1.39. The highest BCUT2D eigenvalue weighted by Gasteiger charge is 2.34. The standard InChI is InChI=1S/C19H25N3O6S/c1-4-26-16-5-7-17(8-6-16)27-13-18(23)21-9-11-22(12-10-21)29(24,25)19-14(2)20-28-15(19)3/h5-8H,4,9-13H2,1-3H3. The van der Waals surface area contributed by atoms with E-state index in [9.17, 15) is 13.2 Å². The van der Waals surface area contributed by atoms with Crippen LogP contribution in [0.1, 0.15) is 18.4 Å². The molecule has 1 aromatic heterocycles. The fourth-order valence-electron chi connectivity index (χ4n) is 3.18. The first kappa shape index (κ1) is 21.1. The summed E-state index contributed by atoms with van der Waals surface area (Å²) in [5.41, 5.74) is 0.338. The van der Waals surface area contributed by atoms with Crippen LogP contribution in [0.2, 0.25) is 0 Å². The normalized spacial score (nSPS) is 15.3. The van der Waals surface area contributed by atoms with Gasteiger partial charge in [0, 0.05) is 26.2 Å². The van der Waals surface area contributed by atoms with E-state index in [0.717, 1.165) is 5.75 Å². The Bertz CT molecular complexity index is 927. The molecule has 1 aromatic carbocycles. The molecule has 1 fully saturated rings. The molecule has 1 aliphatic rings. The van der Waals surface area contributed by atoms with Gasteiger partial charge in [0.2, 0.25) is 10.0 Å². The molecule has 1 aliphatic heterocycles. The fourth-order valence-corrected chi connectivity index (χ4v) is 4.90. The topological polar surface area (TPSA) is 102 Å². The van der Waals surface area contributed by atoms with Crippen molar-refractivity contribution in [3.05, 3.63) is 35.7 Å². The molecule has 0 N–H and O–H groups in total. The van der Waals surface area contributed by atoms with E-state index in [1.165, 1.54) is 4.31 Å². The Morgan fingerprint density at radius 2 is 1.66 bits per heavy atom. The molecule has 1 saturated heterocycles. The lowest BCUT2D eigenvalue weighted by Gasteiger charge is -2.33. The number of amides is 1. The predicted octanol–water partition coefficient (Wildman–Crippen LogP) is 1.60. The Balaban J connectivity index is 1.53. The zero-order valence-electron chi connectivity index (χ0n) is 16.8. The number of sulfonamides is 1. The summed E-state index contributed by atoms with van der Waals surface area (Å²) in [6, 6.07) is 7.04. The van der Waals surface area contributed by atoms with Gasteiger partial charge in [-0.1, -0.05) is 5.16 Å². The van der Waals surface area contributed by atoms with E-state index in [1.807, 2.05) is 6.92 Å². The average molecular weight is 423 g/mol. The van der Waals surface area contributed by atoms with Crippen molar-refractivity contribution in [3.8, 4) is 11.5 Å². The van der Waals surface area contributed by atoms with Crippen LogP contribution < -0.4 is 9.47 Å². The first-order chi connectivity index (χ1) is 13.8. The van der Waals surface area contributed by atoms with Crippen molar-refractivity contribution in [2.75, 3.05) is 39.4 Å². The summed E-state index contributed by atoms with van der Waals surface area (Å²) in [6.45, 7) is 6.57. The van der Waals surface area contributed by atoms with Crippen LogP contribution in [0, 0.1) is 13.8 Å². The second-order valence-corrected chi connectivity index (χ2v) is 8.51. The van der Waals surface area contributed by atoms with Crippen LogP contribution in [0.25, 0.3) is 0 Å². The van der Waals surface area contributed by atoms with Crippen molar-refractivity contribution < 1.29 is 27.2 Å². The number of nitrogens with zero attached hydrogens (tertiary/aromatic N) is 3. The lowest BCUT2D eigenvalue weighted by molar-refractivity contribution is -0.134. The highest BCUT2D eigenvalue weighted by Crippen LogP contribution is 2.24. The van der Waals surface area contributed by atoms with Gasteiger partial charge in [-0.05, 0) is 45.0 Å². The summed E-state index contributed by atoms with van der Waals surface area (Å²) in [6.07, 6.45) is 0. The minimum Gasteiger partial charge on any atom is -0.494 e. The Morgan fingerprint density at radius 3 is 2.17 bits per heavy atom. The van der Waals surface area contributed by atoms with Gasteiger partial charge in [-0.25, -0.2) is 8.42 Å². The van der Waals surface area contributed by atoms with Crippen molar-refractivity contribution in [2.45, 2.75) is 25.7 Å². The van der Waals surface area contributed by atoms with Gasteiger partial charge in [0.15, 0.2) is 12.4 Å². The Hall–Kier alpha value is -2.59. The molecule has 0 bridgehead atoms. The van der Waals surface area contributed by atoms with Gasteiger partial charge < -0.3 is 18.9 Å². The molecule has 0 unspecified atom stereocenters. The third-order valence-corrected chi connectivity index (χ3v) is 6.80. The van der Waals surface area contributed by atoms with Crippen LogP contribution in [0.5, 0.6) is 11.5 Å². The highest BCUT2D eigenvalue weighted by molar-refractivity contribution is 7.89. The molecule has 0 spiro atoms. The van der Waals surface area contributed by atoms with Crippen molar-refractivity contribution in [1.82, 2.24) is 14.4 Å². The Kier molecular flexibility index (Phi) is 6.43. The van der Waals surface area contributed by atoms with Crippen molar-refractivity contribution in [1.29, 1.82) is 0 Å². The summed E-state index contributed by atoms with van der Waals surface area (Å²) in [4.78, 5) is 14.1. The summed E-state index contributed by atoms with van der Waals surface area (Å²) < 4.78 is 42.9. The lowest BCUT2D eigenvalue weighted by Crippen LogP contribution is -2.51. The zero-order chi connectivity index (χ0) is 21.0. The van der Waals surface area contributed by atoms with Crippen LogP contribution in [0.15, 0.2) is 33.7 Å². The first-order valence-electron chi connectivity index (χ1n) is 9.39. The number of aryl methyl sites for hydroxylation is 2. The van der Waals surface area contributed by atoms with E-state index >= 15 is 0 Å². The number of rotatable bonds is 7. The van der Waals surface area contributed by atoms with E-state index in [2.05, 4.69) is 5.16 Å². The summed E-state index contributed by atoms with van der Waals surface area (Å²) >= 11 is 0. The number of ether oxygens (including phenoxy) is 2. The second kappa shape index (κ2) is 8.83. The number of aromatic nitrogens is 1. The largest absolute Gasteiger partial charge is 0.494 e. The molecular formula is C19H25N3O6S. The maximum atomic E-state index is 12.8. The van der Waals surface area contributed by atoms with Gasteiger partial charge in [-0.2, -0.15) is 4.31 Å². The minimum absolute atomic E-state index is 0.107. The van der Waals surface area contributed by atoms with Gasteiger partial charge in [-0.3, -0.25) is 4.79 Å². The summed E-state index contributed by atoms with van der Waals surface area (Å²) in [5, 5.41) is 3.72. The van der Waals surface area contributed by atoms with Crippen molar-refractivity contribution in [3.63, 3.8) is 0 Å². The van der Waals surface area contributed by atoms with Crippen molar-refractivity contribution in [2.24, 2.45) is 0 Å². The van der Waals surface area contributed by atoms with Crippen LogP contribution in [0.4, 0.5) is 0 Å². The lowest BCUT2D eigenvalue weighted by atomic mass is 10.3. The highest BCUT2D eigenvalue weighted by atomic mass is 32.2. The van der Waals surface area contributed by atoms with Crippen molar-refractivity contribution >= 4 is 15.9 Å². The Morgan fingerprint density at radius 1 is 1.07 bits per heavy atom. The molecule has 2 heterocycles. The molecule has 158 valence electrons. The number of hydrogen-bond acceptors (Lipinski definition) is 7. The van der Waals surface area contributed by atoms with Gasteiger partial charge in [0.05, 0.1) is 6.61 Å². The number of piperazine rings is 1. The first-order valence-corrected chi connectivity index (χ1v) is 10.8. The second-order valence-electron chi connectivity index (χ2n) is 6.63. The number of carbonyl (C=O) groups excluding carboxylic acids is 1. The molecule has 0 saturated carbocycles. The van der Waals surface area contributed by atoms with Gasteiger partial charge in [0.1, 0.15) is 22.1 Å². The molecule has 9 nitrogen and oxygen atoms in total. The quantitative estimate of drug-likeness (QED) is 0.666. The molecule has 2 aromatic rings. The SMILES string of the molecule is CCOc1ccc(OCC(=O)N2CCN(S(=O)(=O)c3c(C)noc3C)CC2)cc1. The fraction of sp³-hybridized carbons (Fsp3) is 0.474. The predicted molar refractivity (Wildman–Crippen MR) is 104 cm³/mol. The van der Waals surface area contributed by atoms with E-state index < -0.39 is 10.0 Å². The average Bonchev–Trinajstić information content (AvgIpc) is 3.06. The van der Waals surface area contributed by atoms with E-state index in [4.69, 9.17) is 14.0 Å². The molecular weight excluding hydrogens is 398 g/mol. The third kappa shape index (κ3) is 4.70. The Labute approximate surface area is 170 Å². The van der Waals surface area contributed by atoms with Crippen LogP contribution in [-0.2, 0) is 14.8 Å². The molecule has 0 radical (unpaired) electrons. The number of carbonyl (C=O) groups is 1. The van der Waals surface area contributed by atoms with Gasteiger partial charge in [0.25, 0.3) is 5.91 Å². The molecule has 1 amide bonds. The number of hydrogen-bond donors (Lipinski definition) is 0. The number of benzene rings is 1. The smallest absolute Gasteiger partial charge is 0.260 e. The zero-order valence-corrected chi connectivity index (χ0v) is 17.6. The van der Waals surface area contributed by atoms with Crippen LogP contribution in [0.3, 0.4) is 0 Å².